The van der Waals surface area contributed by atoms with Crippen molar-refractivity contribution in [2.24, 2.45) is 0 Å². The minimum Gasteiger partial charge on any atom is -0.494 e. The molecule has 0 unspecified atom stereocenters. The largest absolute Gasteiger partial charge is 0.494 e. The molecule has 3 aromatic rings. The molecule has 5 nitrogen and oxygen atoms in total. The molecular formula is C13H11N3O2S. The van der Waals surface area contributed by atoms with Crippen molar-refractivity contribution in [1.29, 1.82) is 0 Å². The third kappa shape index (κ3) is 2.34. The first-order valence-corrected chi connectivity index (χ1v) is 6.41. The van der Waals surface area contributed by atoms with Crippen LogP contribution in [0, 0.1) is 0 Å². The number of methoxy groups -OCH3 is 1. The molecule has 2 N–H and O–H groups in total. The molecule has 2 aromatic heterocycles. The molecule has 0 amide bonds. The molecule has 0 saturated heterocycles. The van der Waals surface area contributed by atoms with E-state index in [4.69, 9.17) is 14.9 Å². The highest BCUT2D eigenvalue weighted by molar-refractivity contribution is 7.99. The molecule has 2 heterocycles. The second kappa shape index (κ2) is 4.81. The van der Waals surface area contributed by atoms with E-state index in [1.165, 1.54) is 11.8 Å². The molecule has 96 valence electrons. The van der Waals surface area contributed by atoms with Crippen molar-refractivity contribution in [3.63, 3.8) is 0 Å². The Hall–Kier alpha value is -2.21. The van der Waals surface area contributed by atoms with E-state index in [1.54, 1.807) is 31.5 Å². The van der Waals surface area contributed by atoms with E-state index in [0.29, 0.717) is 27.3 Å². The number of nitrogen functional groups attached to an aromatic ring is 1. The van der Waals surface area contributed by atoms with Crippen LogP contribution >= 0.6 is 11.8 Å². The number of rotatable bonds is 3. The molecule has 0 aliphatic carbocycles. The fourth-order valence-corrected chi connectivity index (χ4v) is 2.46. The van der Waals surface area contributed by atoms with E-state index in [0.717, 1.165) is 5.52 Å². The number of anilines is 1. The maximum absolute atomic E-state index is 5.71. The van der Waals surface area contributed by atoms with Gasteiger partial charge in [-0.25, -0.2) is 9.97 Å². The third-order valence-corrected chi connectivity index (χ3v) is 3.38. The van der Waals surface area contributed by atoms with Gasteiger partial charge in [0, 0.05) is 11.9 Å². The van der Waals surface area contributed by atoms with Gasteiger partial charge in [0.25, 0.3) is 5.22 Å². The number of oxazole rings is 1. The number of hydrogen-bond acceptors (Lipinski definition) is 6. The minimum absolute atomic E-state index is 0.512. The highest BCUT2D eigenvalue weighted by atomic mass is 32.2. The van der Waals surface area contributed by atoms with Gasteiger partial charge >= 0.3 is 0 Å². The molecule has 0 radical (unpaired) electrons. The molecule has 0 spiro atoms. The van der Waals surface area contributed by atoms with E-state index in [2.05, 4.69) is 9.97 Å². The van der Waals surface area contributed by atoms with Crippen molar-refractivity contribution in [3.8, 4) is 5.75 Å². The zero-order valence-electron chi connectivity index (χ0n) is 10.2. The van der Waals surface area contributed by atoms with Gasteiger partial charge in [-0.15, -0.1) is 0 Å². The van der Waals surface area contributed by atoms with Gasteiger partial charge in [-0.3, -0.25) is 0 Å². The van der Waals surface area contributed by atoms with Gasteiger partial charge in [-0.1, -0.05) is 0 Å². The molecule has 0 aliphatic rings. The Morgan fingerprint density at radius 3 is 3.05 bits per heavy atom. The molecule has 0 atom stereocenters. The van der Waals surface area contributed by atoms with Gasteiger partial charge in [0.1, 0.15) is 10.5 Å². The monoisotopic (exact) mass is 273 g/mol. The van der Waals surface area contributed by atoms with Crippen LogP contribution in [0.2, 0.25) is 0 Å². The molecule has 0 aliphatic heterocycles. The lowest BCUT2D eigenvalue weighted by Gasteiger charge is -2.03. The number of ether oxygens (including phenoxy) is 1. The van der Waals surface area contributed by atoms with Crippen molar-refractivity contribution in [1.82, 2.24) is 9.97 Å². The molecular weight excluding hydrogens is 262 g/mol. The molecule has 0 fully saturated rings. The highest BCUT2D eigenvalue weighted by Gasteiger charge is 2.11. The summed E-state index contributed by atoms with van der Waals surface area (Å²) in [6.07, 6.45) is 1.70. The predicted octanol–water partition coefficient (Wildman–Crippen LogP) is 2.96. The van der Waals surface area contributed by atoms with Gasteiger partial charge in [0.2, 0.25) is 0 Å². The lowest BCUT2D eigenvalue weighted by Crippen LogP contribution is -1.88. The summed E-state index contributed by atoms with van der Waals surface area (Å²) in [4.78, 5) is 8.61. The first-order valence-electron chi connectivity index (χ1n) is 5.59. The summed E-state index contributed by atoms with van der Waals surface area (Å²) in [5.74, 6) is 0.689. The summed E-state index contributed by atoms with van der Waals surface area (Å²) < 4.78 is 10.9. The summed E-state index contributed by atoms with van der Waals surface area (Å²) in [5, 5.41) is 1.22. The molecule has 3 rings (SSSR count). The number of hydrogen-bond donors (Lipinski definition) is 1. The molecule has 0 bridgehead atoms. The second-order valence-electron chi connectivity index (χ2n) is 3.82. The van der Waals surface area contributed by atoms with E-state index in [-0.39, 0.29) is 0 Å². The van der Waals surface area contributed by atoms with E-state index < -0.39 is 0 Å². The number of fused-ring (bicyclic) bond motifs is 1. The SMILES string of the molecule is COc1cccnc1Sc1nc2cc(N)ccc2o1. The summed E-state index contributed by atoms with van der Waals surface area (Å²) >= 11 is 1.32. The van der Waals surface area contributed by atoms with Gasteiger partial charge < -0.3 is 14.9 Å². The first kappa shape index (κ1) is 11.9. The lowest BCUT2D eigenvalue weighted by atomic mass is 10.3. The Kier molecular flexibility index (Phi) is 3.00. The number of pyridine rings is 1. The Labute approximate surface area is 113 Å². The topological polar surface area (TPSA) is 74.2 Å². The molecule has 1 aromatic carbocycles. The van der Waals surface area contributed by atoms with Crippen LogP contribution in [0.1, 0.15) is 0 Å². The van der Waals surface area contributed by atoms with Crippen LogP contribution in [0.25, 0.3) is 11.1 Å². The summed E-state index contributed by atoms with van der Waals surface area (Å²) in [7, 11) is 1.60. The third-order valence-electron chi connectivity index (χ3n) is 2.53. The van der Waals surface area contributed by atoms with Crippen LogP contribution < -0.4 is 10.5 Å². The Bertz CT molecular complexity index is 727. The van der Waals surface area contributed by atoms with Gasteiger partial charge in [-0.05, 0) is 42.1 Å². The Balaban J connectivity index is 1.96. The highest BCUT2D eigenvalue weighted by Crippen LogP contribution is 2.34. The summed E-state index contributed by atoms with van der Waals surface area (Å²) in [5.41, 5.74) is 7.80. The molecule has 0 saturated carbocycles. The lowest BCUT2D eigenvalue weighted by molar-refractivity contribution is 0.400. The van der Waals surface area contributed by atoms with Crippen LogP contribution in [0.15, 0.2) is 51.2 Å². The minimum atomic E-state index is 0.512. The zero-order chi connectivity index (χ0) is 13.2. The maximum atomic E-state index is 5.71. The fraction of sp³-hybridized carbons (Fsp3) is 0.0769. The summed E-state index contributed by atoms with van der Waals surface area (Å²) in [6, 6.07) is 9.02. The Morgan fingerprint density at radius 1 is 1.32 bits per heavy atom. The zero-order valence-corrected chi connectivity index (χ0v) is 11.0. The normalized spacial score (nSPS) is 10.8. The quantitative estimate of drug-likeness (QED) is 0.739. The van der Waals surface area contributed by atoms with Crippen LogP contribution in [-0.4, -0.2) is 17.1 Å². The van der Waals surface area contributed by atoms with Gasteiger partial charge in [-0.2, -0.15) is 0 Å². The van der Waals surface area contributed by atoms with Gasteiger partial charge in [0.05, 0.1) is 7.11 Å². The average molecular weight is 273 g/mol. The van der Waals surface area contributed by atoms with Crippen molar-refractivity contribution >= 4 is 28.5 Å². The number of benzene rings is 1. The van der Waals surface area contributed by atoms with Crippen LogP contribution in [0.4, 0.5) is 5.69 Å². The Morgan fingerprint density at radius 2 is 2.21 bits per heavy atom. The molecule has 6 heteroatoms. The summed E-state index contributed by atoms with van der Waals surface area (Å²) in [6.45, 7) is 0. The van der Waals surface area contributed by atoms with Crippen LogP contribution in [-0.2, 0) is 0 Å². The smallest absolute Gasteiger partial charge is 0.263 e. The van der Waals surface area contributed by atoms with Crippen LogP contribution in [0.3, 0.4) is 0 Å². The number of aromatic nitrogens is 2. The second-order valence-corrected chi connectivity index (χ2v) is 4.76. The van der Waals surface area contributed by atoms with Gasteiger partial charge in [0.15, 0.2) is 11.3 Å². The van der Waals surface area contributed by atoms with Crippen molar-refractivity contribution < 1.29 is 9.15 Å². The van der Waals surface area contributed by atoms with Crippen molar-refractivity contribution in [2.75, 3.05) is 12.8 Å². The fourth-order valence-electron chi connectivity index (χ4n) is 1.66. The molecule has 19 heavy (non-hydrogen) atoms. The number of nitrogens with zero attached hydrogens (tertiary/aromatic N) is 2. The van der Waals surface area contributed by atoms with E-state index in [9.17, 15) is 0 Å². The average Bonchev–Trinajstić information content (AvgIpc) is 2.80. The van der Waals surface area contributed by atoms with Crippen molar-refractivity contribution in [3.05, 3.63) is 36.5 Å². The predicted molar refractivity (Wildman–Crippen MR) is 73.3 cm³/mol. The van der Waals surface area contributed by atoms with E-state index >= 15 is 0 Å². The standard InChI is InChI=1S/C13H11N3O2S/c1-17-11-3-2-6-15-12(11)19-13-16-9-7-8(14)4-5-10(9)18-13/h2-7H,14H2,1H3. The van der Waals surface area contributed by atoms with Crippen molar-refractivity contribution in [2.45, 2.75) is 10.2 Å². The first-order chi connectivity index (χ1) is 9.26. The van der Waals surface area contributed by atoms with E-state index in [1.807, 2.05) is 12.1 Å². The van der Waals surface area contributed by atoms with Crippen LogP contribution in [0.5, 0.6) is 5.75 Å². The number of nitrogens with two attached hydrogens (primary N) is 1. The maximum Gasteiger partial charge on any atom is 0.263 e.